The van der Waals surface area contributed by atoms with E-state index in [0.29, 0.717) is 28.4 Å². The largest absolute Gasteiger partial charge is 0.457 e. The number of aldehydes is 1. The molecule has 0 bridgehead atoms. The SMILES string of the molecule is O=Cc1ccc(Cl)cc1Oc1cccc(CO)c1. The fourth-order valence-corrected chi connectivity index (χ4v) is 1.69. The topological polar surface area (TPSA) is 46.5 Å². The minimum atomic E-state index is -0.0622. The van der Waals surface area contributed by atoms with Crippen LogP contribution in [0.3, 0.4) is 0 Å². The summed E-state index contributed by atoms with van der Waals surface area (Å²) in [6.07, 6.45) is 0.710. The first-order valence-corrected chi connectivity index (χ1v) is 5.73. The van der Waals surface area contributed by atoms with Crippen LogP contribution in [-0.2, 0) is 6.61 Å². The molecule has 92 valence electrons. The van der Waals surface area contributed by atoms with Crippen LogP contribution in [0.5, 0.6) is 11.5 Å². The van der Waals surface area contributed by atoms with Crippen LogP contribution in [0.25, 0.3) is 0 Å². The quantitative estimate of drug-likeness (QED) is 0.859. The lowest BCUT2D eigenvalue weighted by Crippen LogP contribution is -1.91. The number of hydrogen-bond acceptors (Lipinski definition) is 3. The van der Waals surface area contributed by atoms with E-state index in [2.05, 4.69) is 0 Å². The first-order chi connectivity index (χ1) is 8.72. The number of carbonyl (C=O) groups is 1. The van der Waals surface area contributed by atoms with E-state index in [-0.39, 0.29) is 6.61 Å². The summed E-state index contributed by atoms with van der Waals surface area (Å²) in [6, 6.07) is 11.8. The van der Waals surface area contributed by atoms with E-state index < -0.39 is 0 Å². The Bertz CT molecular complexity index is 567. The minimum absolute atomic E-state index is 0.0622. The molecule has 0 spiro atoms. The Hall–Kier alpha value is -1.84. The van der Waals surface area contributed by atoms with Gasteiger partial charge < -0.3 is 9.84 Å². The second-order valence-electron chi connectivity index (χ2n) is 3.71. The zero-order chi connectivity index (χ0) is 13.0. The lowest BCUT2D eigenvalue weighted by Gasteiger charge is -2.09. The smallest absolute Gasteiger partial charge is 0.153 e. The minimum Gasteiger partial charge on any atom is -0.457 e. The molecule has 0 radical (unpaired) electrons. The van der Waals surface area contributed by atoms with Crippen molar-refractivity contribution >= 4 is 17.9 Å². The van der Waals surface area contributed by atoms with Crippen LogP contribution in [0.1, 0.15) is 15.9 Å². The standard InChI is InChI=1S/C14H11ClO3/c15-12-5-4-11(9-17)14(7-12)18-13-3-1-2-10(6-13)8-16/h1-7,9,16H,8H2. The predicted octanol–water partition coefficient (Wildman–Crippen LogP) is 3.44. The average molecular weight is 263 g/mol. The summed E-state index contributed by atoms with van der Waals surface area (Å²) in [4.78, 5) is 10.9. The number of hydrogen-bond donors (Lipinski definition) is 1. The van der Waals surface area contributed by atoms with Crippen molar-refractivity contribution in [3.05, 3.63) is 58.6 Å². The molecule has 2 aromatic carbocycles. The van der Waals surface area contributed by atoms with Crippen molar-refractivity contribution in [2.45, 2.75) is 6.61 Å². The van der Waals surface area contributed by atoms with Gasteiger partial charge in [0.2, 0.25) is 0 Å². The first-order valence-electron chi connectivity index (χ1n) is 5.35. The Morgan fingerprint density at radius 3 is 2.78 bits per heavy atom. The Balaban J connectivity index is 2.32. The van der Waals surface area contributed by atoms with Crippen LogP contribution >= 0.6 is 11.6 Å². The van der Waals surface area contributed by atoms with Gasteiger partial charge in [0.1, 0.15) is 11.5 Å². The van der Waals surface area contributed by atoms with E-state index in [9.17, 15) is 4.79 Å². The van der Waals surface area contributed by atoms with Crippen LogP contribution in [0, 0.1) is 0 Å². The molecule has 0 aliphatic rings. The Labute approximate surface area is 110 Å². The van der Waals surface area contributed by atoms with Crippen LogP contribution in [-0.4, -0.2) is 11.4 Å². The molecule has 0 heterocycles. The fourth-order valence-electron chi connectivity index (χ4n) is 1.53. The molecule has 0 amide bonds. The summed E-state index contributed by atoms with van der Waals surface area (Å²) in [5, 5.41) is 9.53. The third kappa shape index (κ3) is 2.88. The number of ether oxygens (including phenoxy) is 1. The maximum atomic E-state index is 10.9. The molecule has 18 heavy (non-hydrogen) atoms. The molecule has 0 atom stereocenters. The zero-order valence-corrected chi connectivity index (χ0v) is 10.2. The lowest BCUT2D eigenvalue weighted by molar-refractivity contribution is 0.112. The van der Waals surface area contributed by atoms with Gasteiger partial charge in [0.15, 0.2) is 6.29 Å². The van der Waals surface area contributed by atoms with Crippen molar-refractivity contribution in [3.8, 4) is 11.5 Å². The fraction of sp³-hybridized carbons (Fsp3) is 0.0714. The number of benzene rings is 2. The summed E-state index contributed by atoms with van der Waals surface area (Å²) < 4.78 is 5.60. The molecular formula is C14H11ClO3. The molecule has 0 saturated carbocycles. The van der Waals surface area contributed by atoms with Gasteiger partial charge in [-0.15, -0.1) is 0 Å². The van der Waals surface area contributed by atoms with Crippen molar-refractivity contribution in [1.29, 1.82) is 0 Å². The maximum Gasteiger partial charge on any atom is 0.153 e. The van der Waals surface area contributed by atoms with Gasteiger partial charge in [-0.25, -0.2) is 0 Å². The molecule has 2 rings (SSSR count). The highest BCUT2D eigenvalue weighted by molar-refractivity contribution is 6.30. The molecule has 2 aromatic rings. The summed E-state index contributed by atoms with van der Waals surface area (Å²) in [5.41, 5.74) is 1.16. The van der Waals surface area contributed by atoms with Crippen molar-refractivity contribution in [2.75, 3.05) is 0 Å². The van der Waals surface area contributed by atoms with Crippen LogP contribution in [0.15, 0.2) is 42.5 Å². The Morgan fingerprint density at radius 1 is 1.22 bits per heavy atom. The van der Waals surface area contributed by atoms with Crippen molar-refractivity contribution in [2.24, 2.45) is 0 Å². The number of rotatable bonds is 4. The van der Waals surface area contributed by atoms with Crippen LogP contribution < -0.4 is 4.74 Å². The Morgan fingerprint density at radius 2 is 2.06 bits per heavy atom. The van der Waals surface area contributed by atoms with Crippen LogP contribution in [0.4, 0.5) is 0 Å². The monoisotopic (exact) mass is 262 g/mol. The highest BCUT2D eigenvalue weighted by Gasteiger charge is 2.05. The second kappa shape index (κ2) is 5.67. The lowest BCUT2D eigenvalue weighted by atomic mass is 10.2. The van der Waals surface area contributed by atoms with Crippen LogP contribution in [0.2, 0.25) is 5.02 Å². The van der Waals surface area contributed by atoms with E-state index in [1.54, 1.807) is 42.5 Å². The van der Waals surface area contributed by atoms with Gasteiger partial charge in [-0.3, -0.25) is 4.79 Å². The molecular weight excluding hydrogens is 252 g/mol. The molecule has 1 N–H and O–H groups in total. The molecule has 0 aromatic heterocycles. The van der Waals surface area contributed by atoms with Gasteiger partial charge >= 0.3 is 0 Å². The second-order valence-corrected chi connectivity index (χ2v) is 4.14. The van der Waals surface area contributed by atoms with Crippen molar-refractivity contribution in [1.82, 2.24) is 0 Å². The molecule has 0 unspecified atom stereocenters. The highest BCUT2D eigenvalue weighted by Crippen LogP contribution is 2.28. The number of carbonyl (C=O) groups excluding carboxylic acids is 1. The van der Waals surface area contributed by atoms with Gasteiger partial charge in [0.25, 0.3) is 0 Å². The highest BCUT2D eigenvalue weighted by atomic mass is 35.5. The molecule has 0 fully saturated rings. The predicted molar refractivity (Wildman–Crippen MR) is 69.3 cm³/mol. The van der Waals surface area contributed by atoms with Gasteiger partial charge in [0, 0.05) is 11.1 Å². The third-order valence-electron chi connectivity index (χ3n) is 2.41. The van der Waals surface area contributed by atoms with E-state index in [4.69, 9.17) is 21.4 Å². The Kier molecular flexibility index (Phi) is 3.97. The maximum absolute atomic E-state index is 10.9. The number of aliphatic hydroxyl groups is 1. The molecule has 0 saturated heterocycles. The van der Waals surface area contributed by atoms with Gasteiger partial charge in [-0.05, 0) is 29.8 Å². The van der Waals surface area contributed by atoms with Gasteiger partial charge in [-0.1, -0.05) is 23.7 Å². The molecule has 3 nitrogen and oxygen atoms in total. The van der Waals surface area contributed by atoms with E-state index in [0.717, 1.165) is 5.56 Å². The zero-order valence-electron chi connectivity index (χ0n) is 9.47. The van der Waals surface area contributed by atoms with Crippen molar-refractivity contribution in [3.63, 3.8) is 0 Å². The molecule has 0 aliphatic carbocycles. The molecule has 4 heteroatoms. The number of aliphatic hydroxyl groups excluding tert-OH is 1. The third-order valence-corrected chi connectivity index (χ3v) is 2.65. The van der Waals surface area contributed by atoms with Gasteiger partial charge in [0.05, 0.1) is 12.2 Å². The summed E-state index contributed by atoms with van der Waals surface area (Å²) in [6.45, 7) is -0.0622. The summed E-state index contributed by atoms with van der Waals surface area (Å²) >= 11 is 5.86. The first kappa shape index (κ1) is 12.6. The van der Waals surface area contributed by atoms with E-state index in [1.807, 2.05) is 0 Å². The van der Waals surface area contributed by atoms with E-state index in [1.165, 1.54) is 0 Å². The van der Waals surface area contributed by atoms with Gasteiger partial charge in [-0.2, -0.15) is 0 Å². The normalized spacial score (nSPS) is 10.1. The van der Waals surface area contributed by atoms with E-state index >= 15 is 0 Å². The number of halogens is 1. The van der Waals surface area contributed by atoms with Crippen molar-refractivity contribution < 1.29 is 14.6 Å². The average Bonchev–Trinajstić information content (AvgIpc) is 2.39. The molecule has 0 aliphatic heterocycles. The summed E-state index contributed by atoms with van der Waals surface area (Å²) in [7, 11) is 0. The summed E-state index contributed by atoms with van der Waals surface area (Å²) in [5.74, 6) is 0.944.